The van der Waals surface area contributed by atoms with Crippen LogP contribution in [0.15, 0.2) is 42.5 Å². The zero-order chi connectivity index (χ0) is 15.4. The van der Waals surface area contributed by atoms with Gasteiger partial charge >= 0.3 is 0 Å². The van der Waals surface area contributed by atoms with Crippen molar-refractivity contribution in [1.82, 2.24) is 5.32 Å². The Bertz CT molecular complexity index is 636. The maximum atomic E-state index is 9.04. The monoisotopic (exact) mass is 299 g/mol. The van der Waals surface area contributed by atoms with E-state index in [0.717, 1.165) is 30.9 Å². The lowest BCUT2D eigenvalue weighted by atomic mass is 9.94. The smallest absolute Gasteiger partial charge is 0.186 e. The van der Waals surface area contributed by atoms with Crippen LogP contribution in [0, 0.1) is 6.92 Å². The molecule has 2 aromatic carbocycles. The molecule has 1 fully saturated rings. The molecule has 22 heavy (non-hydrogen) atoms. The van der Waals surface area contributed by atoms with Crippen molar-refractivity contribution < 1.29 is 14.6 Å². The van der Waals surface area contributed by atoms with E-state index in [-0.39, 0.29) is 13.0 Å². The van der Waals surface area contributed by atoms with Crippen LogP contribution in [0.5, 0.6) is 5.75 Å². The Morgan fingerprint density at radius 2 is 2.09 bits per heavy atom. The molecule has 1 atom stereocenters. The molecule has 0 amide bonds. The average molecular weight is 299 g/mol. The molecule has 0 aliphatic carbocycles. The summed E-state index contributed by atoms with van der Waals surface area (Å²) < 4.78 is 11.1. The first kappa shape index (κ1) is 15.0. The largest absolute Gasteiger partial charge is 0.467 e. The molecular weight excluding hydrogens is 278 g/mol. The van der Waals surface area contributed by atoms with Gasteiger partial charge in [-0.1, -0.05) is 36.4 Å². The molecule has 0 bridgehead atoms. The summed E-state index contributed by atoms with van der Waals surface area (Å²) in [5.41, 5.74) is 4.71. The van der Waals surface area contributed by atoms with Gasteiger partial charge in [-0.25, -0.2) is 0 Å². The van der Waals surface area contributed by atoms with E-state index in [2.05, 4.69) is 30.4 Å². The lowest BCUT2D eigenvalue weighted by molar-refractivity contribution is 0.0972. The number of nitrogens with one attached hydrogen (secondary N) is 1. The third kappa shape index (κ3) is 3.14. The highest BCUT2D eigenvalue weighted by molar-refractivity contribution is 5.43. The fourth-order valence-corrected chi connectivity index (χ4v) is 2.89. The normalized spacial score (nSPS) is 17.6. The van der Waals surface area contributed by atoms with Crippen LogP contribution in [0.25, 0.3) is 0 Å². The number of rotatable bonds is 5. The van der Waals surface area contributed by atoms with Crippen LogP contribution in [-0.4, -0.2) is 25.1 Å². The van der Waals surface area contributed by atoms with Crippen molar-refractivity contribution in [2.45, 2.75) is 19.6 Å². The van der Waals surface area contributed by atoms with E-state index in [1.807, 2.05) is 24.3 Å². The van der Waals surface area contributed by atoms with Crippen molar-refractivity contribution in [3.63, 3.8) is 0 Å². The Labute approximate surface area is 130 Å². The highest BCUT2D eigenvalue weighted by Gasteiger charge is 2.21. The molecule has 2 N–H and O–H groups in total. The number of hydrogen-bond donors (Lipinski definition) is 2. The second-order valence-corrected chi connectivity index (χ2v) is 5.41. The van der Waals surface area contributed by atoms with Gasteiger partial charge in [0.05, 0.1) is 6.61 Å². The molecule has 0 spiro atoms. The van der Waals surface area contributed by atoms with Crippen LogP contribution in [-0.2, 0) is 11.2 Å². The summed E-state index contributed by atoms with van der Waals surface area (Å²) in [6.45, 7) is 3.42. The summed E-state index contributed by atoms with van der Waals surface area (Å²) in [5, 5.41) is 12.4. The van der Waals surface area contributed by atoms with Crippen molar-refractivity contribution in [2.75, 3.05) is 19.9 Å². The summed E-state index contributed by atoms with van der Waals surface area (Å²) >= 11 is 0. The predicted octanol–water partition coefficient (Wildman–Crippen LogP) is 2.53. The third-order valence-electron chi connectivity index (χ3n) is 4.01. The van der Waals surface area contributed by atoms with E-state index in [1.54, 1.807) is 0 Å². The standard InChI is InChI=1S/C18H21NO3/c1-13-5-4-7-15(18-19-9-10-21-18)16(13)11-14-6-2-3-8-17(14)22-12-20/h2-8,18-20H,9-12H2,1H3. The maximum absolute atomic E-state index is 9.04. The number of aliphatic hydroxyl groups is 1. The van der Waals surface area contributed by atoms with Gasteiger partial charge in [-0.3, -0.25) is 5.32 Å². The Balaban J connectivity index is 1.95. The number of ether oxygens (including phenoxy) is 2. The van der Waals surface area contributed by atoms with E-state index in [4.69, 9.17) is 14.6 Å². The molecule has 0 radical (unpaired) electrons. The van der Waals surface area contributed by atoms with Gasteiger partial charge in [0, 0.05) is 13.0 Å². The lowest BCUT2D eigenvalue weighted by Gasteiger charge is -2.19. The van der Waals surface area contributed by atoms with Gasteiger partial charge in [0.2, 0.25) is 0 Å². The van der Waals surface area contributed by atoms with Gasteiger partial charge in [0.1, 0.15) is 12.0 Å². The van der Waals surface area contributed by atoms with Crippen LogP contribution >= 0.6 is 0 Å². The quantitative estimate of drug-likeness (QED) is 0.833. The molecule has 1 saturated heterocycles. The van der Waals surface area contributed by atoms with Crippen molar-refractivity contribution in [3.8, 4) is 5.75 Å². The number of aryl methyl sites for hydroxylation is 1. The minimum absolute atomic E-state index is 0.0409. The fraction of sp³-hybridized carbons (Fsp3) is 0.333. The molecule has 1 heterocycles. The zero-order valence-electron chi connectivity index (χ0n) is 12.7. The molecule has 0 saturated carbocycles. The molecule has 1 unspecified atom stereocenters. The zero-order valence-corrected chi connectivity index (χ0v) is 12.7. The number of aliphatic hydroxyl groups excluding tert-OH is 1. The molecule has 116 valence electrons. The Morgan fingerprint density at radius 1 is 1.23 bits per heavy atom. The first-order valence-corrected chi connectivity index (χ1v) is 7.54. The topological polar surface area (TPSA) is 50.7 Å². The lowest BCUT2D eigenvalue weighted by Crippen LogP contribution is -2.16. The Hall–Kier alpha value is -1.88. The van der Waals surface area contributed by atoms with Crippen molar-refractivity contribution in [2.24, 2.45) is 0 Å². The van der Waals surface area contributed by atoms with Gasteiger partial charge in [0.15, 0.2) is 6.79 Å². The fourth-order valence-electron chi connectivity index (χ4n) is 2.89. The second kappa shape index (κ2) is 6.92. The van der Waals surface area contributed by atoms with Crippen LogP contribution in [0.4, 0.5) is 0 Å². The van der Waals surface area contributed by atoms with Gasteiger partial charge < -0.3 is 14.6 Å². The molecule has 0 aromatic heterocycles. The highest BCUT2D eigenvalue weighted by Crippen LogP contribution is 2.29. The Morgan fingerprint density at radius 3 is 2.86 bits per heavy atom. The van der Waals surface area contributed by atoms with Crippen LogP contribution < -0.4 is 10.1 Å². The molecule has 4 heteroatoms. The van der Waals surface area contributed by atoms with Gasteiger partial charge in [-0.2, -0.15) is 0 Å². The van der Waals surface area contributed by atoms with Crippen molar-refractivity contribution >= 4 is 0 Å². The van der Waals surface area contributed by atoms with Crippen LogP contribution in [0.1, 0.15) is 28.5 Å². The molecule has 1 aliphatic rings. The van der Waals surface area contributed by atoms with E-state index in [1.165, 1.54) is 16.7 Å². The van der Waals surface area contributed by atoms with Gasteiger partial charge in [0.25, 0.3) is 0 Å². The average Bonchev–Trinajstić information content (AvgIpc) is 3.05. The molecular formula is C18H21NO3. The first-order valence-electron chi connectivity index (χ1n) is 7.54. The van der Waals surface area contributed by atoms with Crippen molar-refractivity contribution in [3.05, 3.63) is 64.7 Å². The molecule has 1 aliphatic heterocycles. The molecule has 3 rings (SSSR count). The summed E-state index contributed by atoms with van der Waals surface area (Å²) in [6, 6.07) is 14.1. The number of benzene rings is 2. The first-order chi connectivity index (χ1) is 10.8. The van der Waals surface area contributed by atoms with Crippen LogP contribution in [0.2, 0.25) is 0 Å². The minimum Gasteiger partial charge on any atom is -0.467 e. The number of para-hydroxylation sites is 1. The summed E-state index contributed by atoms with van der Waals surface area (Å²) in [5.74, 6) is 0.722. The third-order valence-corrected chi connectivity index (χ3v) is 4.01. The number of hydrogen-bond acceptors (Lipinski definition) is 4. The minimum atomic E-state index is -0.315. The van der Waals surface area contributed by atoms with Gasteiger partial charge in [-0.15, -0.1) is 0 Å². The second-order valence-electron chi connectivity index (χ2n) is 5.41. The summed E-state index contributed by atoms with van der Waals surface area (Å²) in [6.07, 6.45) is 0.709. The predicted molar refractivity (Wildman–Crippen MR) is 84.8 cm³/mol. The van der Waals surface area contributed by atoms with Crippen molar-refractivity contribution in [1.29, 1.82) is 0 Å². The van der Waals surface area contributed by atoms with E-state index < -0.39 is 0 Å². The maximum Gasteiger partial charge on any atom is 0.186 e. The molecule has 2 aromatic rings. The van der Waals surface area contributed by atoms with Gasteiger partial charge in [-0.05, 0) is 35.2 Å². The SMILES string of the molecule is Cc1cccc(C2NCCO2)c1Cc1ccccc1OCO. The van der Waals surface area contributed by atoms with Crippen LogP contribution in [0.3, 0.4) is 0 Å². The van der Waals surface area contributed by atoms with E-state index in [0.29, 0.717) is 0 Å². The molecule has 4 nitrogen and oxygen atoms in total. The summed E-state index contributed by atoms with van der Waals surface area (Å²) in [4.78, 5) is 0. The highest BCUT2D eigenvalue weighted by atomic mass is 16.6. The van der Waals surface area contributed by atoms with E-state index >= 15 is 0 Å². The Kier molecular flexibility index (Phi) is 4.73. The van der Waals surface area contributed by atoms with E-state index in [9.17, 15) is 0 Å². The summed E-state index contributed by atoms with van der Waals surface area (Å²) in [7, 11) is 0.